The molecule has 3 aromatic rings. The number of sulfonamides is 1. The summed E-state index contributed by atoms with van der Waals surface area (Å²) in [5, 5.41) is 0.121. The maximum Gasteiger partial charge on any atom is 0.326 e. The van der Waals surface area contributed by atoms with Gasteiger partial charge in [-0.15, -0.1) is 0 Å². The second-order valence-corrected chi connectivity index (χ2v) is 8.68. The van der Waals surface area contributed by atoms with E-state index in [9.17, 15) is 18.0 Å². The summed E-state index contributed by atoms with van der Waals surface area (Å²) in [6.07, 6.45) is 1.94. The van der Waals surface area contributed by atoms with Gasteiger partial charge in [0.1, 0.15) is 0 Å². The van der Waals surface area contributed by atoms with Crippen molar-refractivity contribution in [1.29, 1.82) is 0 Å². The van der Waals surface area contributed by atoms with Gasteiger partial charge < -0.3 is 4.98 Å². The van der Waals surface area contributed by atoms with E-state index in [1.165, 1.54) is 18.2 Å². The summed E-state index contributed by atoms with van der Waals surface area (Å²) in [6, 6.07) is 11.6. The second kappa shape index (κ2) is 6.47. The van der Waals surface area contributed by atoms with Gasteiger partial charge in [0, 0.05) is 6.04 Å². The first-order chi connectivity index (χ1) is 12.8. The highest BCUT2D eigenvalue weighted by Gasteiger charge is 2.35. The maximum atomic E-state index is 12.9. The van der Waals surface area contributed by atoms with Crippen molar-refractivity contribution >= 4 is 20.9 Å². The average Bonchev–Trinajstić information content (AvgIpc) is 3.45. The molecule has 0 saturated heterocycles. The molecule has 8 heteroatoms. The maximum absolute atomic E-state index is 12.9. The van der Waals surface area contributed by atoms with E-state index >= 15 is 0 Å². The van der Waals surface area contributed by atoms with Gasteiger partial charge in [0.15, 0.2) is 0 Å². The summed E-state index contributed by atoms with van der Waals surface area (Å²) in [7, 11) is -3.84. The lowest BCUT2D eigenvalue weighted by molar-refractivity contribution is 0.529. The number of H-pyrrole nitrogens is 2. The predicted octanol–water partition coefficient (Wildman–Crippen LogP) is 1.95. The Morgan fingerprint density at radius 1 is 1.04 bits per heavy atom. The number of benzene rings is 2. The van der Waals surface area contributed by atoms with Crippen molar-refractivity contribution in [3.05, 3.63) is 74.4 Å². The Kier molecular flexibility index (Phi) is 4.24. The zero-order valence-corrected chi connectivity index (χ0v) is 15.5. The lowest BCUT2D eigenvalue weighted by Crippen LogP contribution is -2.30. The normalized spacial score (nSPS) is 15.7. The molecule has 0 spiro atoms. The second-order valence-electron chi connectivity index (χ2n) is 6.96. The highest BCUT2D eigenvalue weighted by molar-refractivity contribution is 7.89. The Hall–Kier alpha value is -2.71. The van der Waals surface area contributed by atoms with Crippen LogP contribution in [0.2, 0.25) is 0 Å². The van der Waals surface area contributed by atoms with Crippen LogP contribution in [0.5, 0.6) is 0 Å². The summed E-state index contributed by atoms with van der Waals surface area (Å²) in [5.41, 5.74) is 1.07. The van der Waals surface area contributed by atoms with Crippen LogP contribution in [0.15, 0.2) is 56.9 Å². The number of rotatable bonds is 5. The quantitative estimate of drug-likeness (QED) is 0.623. The Labute approximate surface area is 155 Å². The Balaban J connectivity index is 1.72. The molecule has 0 aliphatic heterocycles. The molecule has 7 nitrogen and oxygen atoms in total. The molecule has 27 heavy (non-hydrogen) atoms. The van der Waals surface area contributed by atoms with E-state index in [-0.39, 0.29) is 22.2 Å². The van der Waals surface area contributed by atoms with Crippen LogP contribution in [0.1, 0.15) is 30.0 Å². The van der Waals surface area contributed by atoms with Crippen LogP contribution < -0.4 is 16.0 Å². The van der Waals surface area contributed by atoms with Gasteiger partial charge >= 0.3 is 5.69 Å². The molecule has 1 aliphatic carbocycles. The zero-order valence-electron chi connectivity index (χ0n) is 14.7. The first-order valence-electron chi connectivity index (χ1n) is 8.69. The molecule has 4 rings (SSSR count). The van der Waals surface area contributed by atoms with Crippen LogP contribution in [-0.2, 0) is 10.0 Å². The molecular formula is C19H19N3O4S. The van der Waals surface area contributed by atoms with E-state index in [1.807, 2.05) is 31.2 Å². The number of fused-ring (bicyclic) bond motifs is 1. The SMILES string of the molecule is Cc1ccc(C(NS(=O)(=O)c2ccc3[nH]c(=O)[nH]c(=O)c3c2)C2CC2)cc1. The van der Waals surface area contributed by atoms with Gasteiger partial charge in [-0.25, -0.2) is 17.9 Å². The fourth-order valence-corrected chi connectivity index (χ4v) is 4.51. The lowest BCUT2D eigenvalue weighted by Gasteiger charge is -2.19. The first kappa shape index (κ1) is 17.7. The van der Waals surface area contributed by atoms with Crippen molar-refractivity contribution in [2.24, 2.45) is 5.92 Å². The minimum atomic E-state index is -3.84. The summed E-state index contributed by atoms with van der Waals surface area (Å²) in [4.78, 5) is 27.9. The molecule has 1 aromatic heterocycles. The highest BCUT2D eigenvalue weighted by atomic mass is 32.2. The van der Waals surface area contributed by atoms with Crippen molar-refractivity contribution < 1.29 is 8.42 Å². The van der Waals surface area contributed by atoms with Crippen LogP contribution in [0, 0.1) is 12.8 Å². The Morgan fingerprint density at radius 3 is 2.41 bits per heavy atom. The van der Waals surface area contributed by atoms with Gasteiger partial charge in [0.2, 0.25) is 10.0 Å². The van der Waals surface area contributed by atoms with E-state index < -0.39 is 21.3 Å². The Bertz CT molecular complexity index is 1220. The van der Waals surface area contributed by atoms with E-state index in [0.29, 0.717) is 5.52 Å². The van der Waals surface area contributed by atoms with Gasteiger partial charge in [-0.1, -0.05) is 29.8 Å². The predicted molar refractivity (Wildman–Crippen MR) is 102 cm³/mol. The van der Waals surface area contributed by atoms with Crippen LogP contribution in [0.25, 0.3) is 10.9 Å². The molecule has 2 aromatic carbocycles. The number of hydrogen-bond acceptors (Lipinski definition) is 4. The van der Waals surface area contributed by atoms with Gasteiger partial charge in [0.25, 0.3) is 5.56 Å². The molecule has 1 aliphatic rings. The van der Waals surface area contributed by atoms with Crippen LogP contribution in [0.4, 0.5) is 0 Å². The van der Waals surface area contributed by atoms with Crippen molar-refractivity contribution in [2.45, 2.75) is 30.7 Å². The lowest BCUT2D eigenvalue weighted by atomic mass is 10.0. The number of aromatic nitrogens is 2. The number of aromatic amines is 2. The molecule has 1 atom stereocenters. The fourth-order valence-electron chi connectivity index (χ4n) is 3.19. The molecule has 1 saturated carbocycles. The zero-order chi connectivity index (χ0) is 19.2. The highest BCUT2D eigenvalue weighted by Crippen LogP contribution is 2.41. The molecule has 1 fully saturated rings. The third-order valence-electron chi connectivity index (χ3n) is 4.83. The van der Waals surface area contributed by atoms with Gasteiger partial charge in [-0.2, -0.15) is 0 Å². The molecular weight excluding hydrogens is 366 g/mol. The smallest absolute Gasteiger partial charge is 0.307 e. The van der Waals surface area contributed by atoms with Crippen molar-refractivity contribution in [2.75, 3.05) is 0 Å². The summed E-state index contributed by atoms with van der Waals surface area (Å²) < 4.78 is 28.7. The molecule has 1 heterocycles. The minimum Gasteiger partial charge on any atom is -0.307 e. The Morgan fingerprint density at radius 2 is 1.74 bits per heavy atom. The van der Waals surface area contributed by atoms with E-state index in [2.05, 4.69) is 14.7 Å². The first-order valence-corrected chi connectivity index (χ1v) is 10.2. The monoisotopic (exact) mass is 385 g/mol. The van der Waals surface area contributed by atoms with Gasteiger partial charge in [-0.3, -0.25) is 9.78 Å². The number of aryl methyl sites for hydroxylation is 1. The van der Waals surface area contributed by atoms with Crippen LogP contribution in [0.3, 0.4) is 0 Å². The number of nitrogens with one attached hydrogen (secondary N) is 3. The average molecular weight is 385 g/mol. The third kappa shape index (κ3) is 3.58. The minimum absolute atomic E-state index is 0.00897. The van der Waals surface area contributed by atoms with Gasteiger partial charge in [-0.05, 0) is 49.4 Å². The molecule has 0 bridgehead atoms. The molecule has 3 N–H and O–H groups in total. The summed E-state index contributed by atoms with van der Waals surface area (Å²) in [5.74, 6) is 0.266. The molecule has 0 amide bonds. The van der Waals surface area contributed by atoms with Crippen LogP contribution in [-0.4, -0.2) is 18.4 Å². The van der Waals surface area contributed by atoms with E-state index in [0.717, 1.165) is 24.0 Å². The van der Waals surface area contributed by atoms with Crippen LogP contribution >= 0.6 is 0 Å². The van der Waals surface area contributed by atoms with E-state index in [4.69, 9.17) is 0 Å². The van der Waals surface area contributed by atoms with Crippen molar-refractivity contribution in [1.82, 2.24) is 14.7 Å². The van der Waals surface area contributed by atoms with Gasteiger partial charge in [0.05, 0.1) is 15.8 Å². The van der Waals surface area contributed by atoms with Crippen molar-refractivity contribution in [3.63, 3.8) is 0 Å². The van der Waals surface area contributed by atoms with Crippen molar-refractivity contribution in [3.8, 4) is 0 Å². The fraction of sp³-hybridized carbons (Fsp3) is 0.263. The number of hydrogen-bond donors (Lipinski definition) is 3. The summed E-state index contributed by atoms with van der Waals surface area (Å²) in [6.45, 7) is 1.98. The molecule has 0 radical (unpaired) electrons. The largest absolute Gasteiger partial charge is 0.326 e. The standard InChI is InChI=1S/C19H19N3O4S/c1-11-2-4-12(5-3-11)17(13-6-7-13)22-27(25,26)14-8-9-16-15(10-14)18(23)21-19(24)20-16/h2-5,8-10,13,17,22H,6-7H2,1H3,(H2,20,21,23,24). The van der Waals surface area contributed by atoms with E-state index in [1.54, 1.807) is 0 Å². The third-order valence-corrected chi connectivity index (χ3v) is 6.27. The molecule has 1 unspecified atom stereocenters. The topological polar surface area (TPSA) is 112 Å². The molecule has 140 valence electrons. The summed E-state index contributed by atoms with van der Waals surface area (Å²) >= 11 is 0.